The smallest absolute Gasteiger partial charge is 0.178 e. The Balaban J connectivity index is 2.08. The number of phenols is 1. The summed E-state index contributed by atoms with van der Waals surface area (Å²) >= 11 is 0. The molecule has 1 fully saturated rings. The Morgan fingerprint density at radius 2 is 2.00 bits per heavy atom. The zero-order valence-electron chi connectivity index (χ0n) is 12.9. The molecule has 6 nitrogen and oxygen atoms in total. The van der Waals surface area contributed by atoms with Crippen LogP contribution in [0.1, 0.15) is 24.5 Å². The van der Waals surface area contributed by atoms with E-state index in [1.807, 2.05) is 0 Å². The Morgan fingerprint density at radius 3 is 2.61 bits per heavy atom. The predicted molar refractivity (Wildman–Crippen MR) is 87.1 cm³/mol. The number of nitrogens with one attached hydrogen (secondary N) is 1. The molecule has 23 heavy (non-hydrogen) atoms. The summed E-state index contributed by atoms with van der Waals surface area (Å²) in [5.41, 5.74) is 1.32. The average Bonchev–Trinajstić information content (AvgIpc) is 2.55. The first-order valence-electron chi connectivity index (χ1n) is 7.52. The lowest BCUT2D eigenvalue weighted by Crippen LogP contribution is -2.30. The van der Waals surface area contributed by atoms with Gasteiger partial charge in [-0.2, -0.15) is 0 Å². The van der Waals surface area contributed by atoms with E-state index in [2.05, 4.69) is 15.3 Å². The van der Waals surface area contributed by atoms with Crippen LogP contribution in [0.3, 0.4) is 0 Å². The molecule has 3 rings (SSSR count). The summed E-state index contributed by atoms with van der Waals surface area (Å²) in [6.45, 7) is 1.66. The van der Waals surface area contributed by atoms with Crippen molar-refractivity contribution in [1.29, 1.82) is 0 Å². The number of aromatic nitrogens is 2. The first-order chi connectivity index (χ1) is 10.9. The van der Waals surface area contributed by atoms with Crippen molar-refractivity contribution in [2.75, 3.05) is 19.3 Å². The van der Waals surface area contributed by atoms with E-state index in [-0.39, 0.29) is 16.6 Å². The van der Waals surface area contributed by atoms with Gasteiger partial charge in [-0.25, -0.2) is 18.4 Å². The molecule has 1 aromatic heterocycles. The van der Waals surface area contributed by atoms with Crippen molar-refractivity contribution in [3.63, 3.8) is 0 Å². The van der Waals surface area contributed by atoms with Gasteiger partial charge in [0.05, 0.1) is 5.69 Å². The van der Waals surface area contributed by atoms with Crippen molar-refractivity contribution < 1.29 is 13.5 Å². The lowest BCUT2D eigenvalue weighted by Gasteiger charge is -2.24. The van der Waals surface area contributed by atoms with Crippen LogP contribution in [0.25, 0.3) is 11.4 Å². The van der Waals surface area contributed by atoms with Crippen LogP contribution in [-0.2, 0) is 9.84 Å². The second-order valence-electron chi connectivity index (χ2n) is 5.81. The average molecular weight is 333 g/mol. The zero-order valence-corrected chi connectivity index (χ0v) is 13.7. The highest BCUT2D eigenvalue weighted by Gasteiger charge is 2.25. The Kier molecular flexibility index (Phi) is 4.32. The van der Waals surface area contributed by atoms with Gasteiger partial charge >= 0.3 is 0 Å². The lowest BCUT2D eigenvalue weighted by atomic mass is 9.96. The van der Waals surface area contributed by atoms with Crippen molar-refractivity contribution in [2.24, 2.45) is 0 Å². The molecule has 0 amide bonds. The maximum Gasteiger partial charge on any atom is 0.178 e. The molecular weight excluding hydrogens is 314 g/mol. The number of piperidine rings is 1. The summed E-state index contributed by atoms with van der Waals surface area (Å²) in [5, 5.41) is 12.7. The van der Waals surface area contributed by atoms with Gasteiger partial charge in [-0.15, -0.1) is 0 Å². The standard InChI is InChI=1S/C16H19N3O3S/c1-23(21,22)14-10-18-16(11-4-6-13(20)7-5-11)19-15(14)12-3-2-8-17-9-12/h4-7,10,12,17,20H,2-3,8-9H2,1H3/t12-/m1/s1. The first-order valence-corrected chi connectivity index (χ1v) is 9.41. The molecule has 1 atom stereocenters. The lowest BCUT2D eigenvalue weighted by molar-refractivity contribution is 0.448. The molecule has 0 aliphatic carbocycles. The summed E-state index contributed by atoms with van der Waals surface area (Å²) in [6.07, 6.45) is 4.48. The number of nitrogens with zero attached hydrogens (tertiary/aromatic N) is 2. The topological polar surface area (TPSA) is 92.2 Å². The van der Waals surface area contributed by atoms with Crippen molar-refractivity contribution in [3.05, 3.63) is 36.2 Å². The summed E-state index contributed by atoms with van der Waals surface area (Å²) in [4.78, 5) is 8.96. The van der Waals surface area contributed by atoms with E-state index in [1.165, 1.54) is 12.5 Å². The fraction of sp³-hybridized carbons (Fsp3) is 0.375. The number of hydrogen-bond donors (Lipinski definition) is 2. The fourth-order valence-electron chi connectivity index (χ4n) is 2.80. The van der Waals surface area contributed by atoms with E-state index in [1.54, 1.807) is 24.3 Å². The molecule has 0 saturated carbocycles. The molecule has 2 aromatic rings. The van der Waals surface area contributed by atoms with E-state index in [9.17, 15) is 13.5 Å². The second kappa shape index (κ2) is 6.25. The molecule has 2 heterocycles. The third-order valence-corrected chi connectivity index (χ3v) is 5.10. The van der Waals surface area contributed by atoms with Crippen LogP contribution < -0.4 is 5.32 Å². The highest BCUT2D eigenvalue weighted by atomic mass is 32.2. The molecule has 0 radical (unpaired) electrons. The third-order valence-electron chi connectivity index (χ3n) is 3.99. The van der Waals surface area contributed by atoms with Crippen LogP contribution in [0.2, 0.25) is 0 Å². The number of benzene rings is 1. The molecule has 1 aromatic carbocycles. The fourth-order valence-corrected chi connectivity index (χ4v) is 3.63. The van der Waals surface area contributed by atoms with Crippen molar-refractivity contribution in [3.8, 4) is 17.1 Å². The zero-order chi connectivity index (χ0) is 16.4. The maximum atomic E-state index is 12.1. The predicted octanol–water partition coefficient (Wildman–Crippen LogP) is 1.72. The van der Waals surface area contributed by atoms with Gasteiger partial charge in [0.15, 0.2) is 15.7 Å². The van der Waals surface area contributed by atoms with E-state index >= 15 is 0 Å². The first kappa shape index (κ1) is 15.9. The quantitative estimate of drug-likeness (QED) is 0.888. The second-order valence-corrected chi connectivity index (χ2v) is 7.79. The summed E-state index contributed by atoms with van der Waals surface area (Å²) in [7, 11) is -3.38. The summed E-state index contributed by atoms with van der Waals surface area (Å²) in [5.74, 6) is 0.698. The van der Waals surface area contributed by atoms with E-state index < -0.39 is 9.84 Å². The Hall–Kier alpha value is -1.99. The Labute approximate surface area is 135 Å². The summed E-state index contributed by atoms with van der Waals surface area (Å²) in [6, 6.07) is 6.55. The molecule has 1 saturated heterocycles. The minimum absolute atomic E-state index is 0.0624. The van der Waals surface area contributed by atoms with Gasteiger partial charge in [-0.3, -0.25) is 0 Å². The van der Waals surface area contributed by atoms with E-state index in [4.69, 9.17) is 0 Å². The number of sulfone groups is 1. The Morgan fingerprint density at radius 1 is 1.26 bits per heavy atom. The highest BCUT2D eigenvalue weighted by molar-refractivity contribution is 7.90. The largest absolute Gasteiger partial charge is 0.508 e. The number of rotatable bonds is 3. The maximum absolute atomic E-state index is 12.1. The van der Waals surface area contributed by atoms with Crippen LogP contribution in [0.15, 0.2) is 35.4 Å². The molecule has 0 unspecified atom stereocenters. The molecule has 0 spiro atoms. The van der Waals surface area contributed by atoms with Crippen LogP contribution in [0, 0.1) is 0 Å². The van der Waals surface area contributed by atoms with Gasteiger partial charge in [-0.05, 0) is 43.7 Å². The monoisotopic (exact) mass is 333 g/mol. The number of hydrogen-bond acceptors (Lipinski definition) is 6. The minimum atomic E-state index is -3.38. The normalized spacial score (nSPS) is 18.7. The summed E-state index contributed by atoms with van der Waals surface area (Å²) < 4.78 is 24.1. The molecular formula is C16H19N3O3S. The van der Waals surface area contributed by atoms with E-state index in [0.29, 0.717) is 18.1 Å². The number of phenolic OH excluding ortho intramolecular Hbond substituents is 1. The van der Waals surface area contributed by atoms with Crippen LogP contribution in [0.4, 0.5) is 0 Å². The van der Waals surface area contributed by atoms with Crippen molar-refractivity contribution in [1.82, 2.24) is 15.3 Å². The van der Waals surface area contributed by atoms with Gasteiger partial charge < -0.3 is 10.4 Å². The molecule has 122 valence electrons. The van der Waals surface area contributed by atoms with Crippen molar-refractivity contribution in [2.45, 2.75) is 23.7 Å². The number of aromatic hydroxyl groups is 1. The van der Waals surface area contributed by atoms with Gasteiger partial charge in [0, 0.05) is 30.5 Å². The SMILES string of the molecule is CS(=O)(=O)c1cnc(-c2ccc(O)cc2)nc1[C@@H]1CCCNC1. The van der Waals surface area contributed by atoms with Crippen LogP contribution in [0.5, 0.6) is 5.75 Å². The molecule has 7 heteroatoms. The Bertz CT molecular complexity index is 798. The van der Waals surface area contributed by atoms with Gasteiger partial charge in [0.1, 0.15) is 10.6 Å². The van der Waals surface area contributed by atoms with Gasteiger partial charge in [0.25, 0.3) is 0 Å². The van der Waals surface area contributed by atoms with Crippen LogP contribution >= 0.6 is 0 Å². The van der Waals surface area contributed by atoms with E-state index in [0.717, 1.165) is 24.9 Å². The van der Waals surface area contributed by atoms with Gasteiger partial charge in [-0.1, -0.05) is 0 Å². The molecule has 1 aliphatic heterocycles. The van der Waals surface area contributed by atoms with Crippen molar-refractivity contribution >= 4 is 9.84 Å². The van der Waals surface area contributed by atoms with Crippen LogP contribution in [-0.4, -0.2) is 42.8 Å². The molecule has 1 aliphatic rings. The third kappa shape index (κ3) is 3.51. The highest BCUT2D eigenvalue weighted by Crippen LogP contribution is 2.29. The minimum Gasteiger partial charge on any atom is -0.508 e. The van der Waals surface area contributed by atoms with Gasteiger partial charge in [0.2, 0.25) is 0 Å². The molecule has 2 N–H and O–H groups in total. The molecule has 0 bridgehead atoms.